The summed E-state index contributed by atoms with van der Waals surface area (Å²) in [7, 11) is 0. The Labute approximate surface area is 151 Å². The summed E-state index contributed by atoms with van der Waals surface area (Å²) in [5.41, 5.74) is 10.7. The monoisotopic (exact) mass is 357 g/mol. The van der Waals surface area contributed by atoms with Gasteiger partial charge in [-0.25, -0.2) is 0 Å². The molecule has 2 aliphatic rings. The normalized spacial score (nSPS) is 26.1. The minimum Gasteiger partial charge on any atom is -0.379 e. The Morgan fingerprint density at radius 3 is 2.96 bits per heavy atom. The standard InChI is InChI=1S/C19H20ClN3S/c1-19-15(11-24-18(21)23-19)4-2-3-12-5-6-13(8-17(12)19)14-7-16(20)10-22-9-14/h5-10,15H,2-4,11H2,1H3,(H2,21,23). The van der Waals surface area contributed by atoms with E-state index in [9.17, 15) is 0 Å². The van der Waals surface area contributed by atoms with Crippen molar-refractivity contribution in [3.05, 3.63) is 52.8 Å². The van der Waals surface area contributed by atoms with Crippen LogP contribution < -0.4 is 5.73 Å². The summed E-state index contributed by atoms with van der Waals surface area (Å²) in [5.74, 6) is 1.58. The topological polar surface area (TPSA) is 51.3 Å². The first-order chi connectivity index (χ1) is 11.6. The molecule has 24 heavy (non-hydrogen) atoms. The van der Waals surface area contributed by atoms with Crippen molar-refractivity contribution < 1.29 is 0 Å². The van der Waals surface area contributed by atoms with Crippen LogP contribution in [0.25, 0.3) is 11.1 Å². The second-order valence-corrected chi connectivity index (χ2v) is 8.24. The number of nitrogens with two attached hydrogens (primary N) is 1. The molecule has 1 aromatic heterocycles. The van der Waals surface area contributed by atoms with Crippen molar-refractivity contribution in [2.75, 3.05) is 5.75 Å². The number of pyridine rings is 1. The zero-order valence-corrected chi connectivity index (χ0v) is 15.2. The van der Waals surface area contributed by atoms with Gasteiger partial charge >= 0.3 is 0 Å². The molecular weight excluding hydrogens is 338 g/mol. The molecule has 0 radical (unpaired) electrons. The third-order valence-electron chi connectivity index (χ3n) is 5.26. The lowest BCUT2D eigenvalue weighted by Gasteiger charge is -2.37. The Balaban J connectivity index is 1.88. The van der Waals surface area contributed by atoms with Gasteiger partial charge in [0.2, 0.25) is 0 Å². The summed E-state index contributed by atoms with van der Waals surface area (Å²) in [6, 6.07) is 8.64. The highest BCUT2D eigenvalue weighted by Gasteiger charge is 2.41. The lowest BCUT2D eigenvalue weighted by atomic mass is 9.78. The van der Waals surface area contributed by atoms with Crippen LogP contribution in [0.5, 0.6) is 0 Å². The van der Waals surface area contributed by atoms with Crippen LogP contribution in [0.15, 0.2) is 41.7 Å². The number of hydrogen-bond donors (Lipinski definition) is 1. The minimum atomic E-state index is -0.233. The molecule has 0 saturated heterocycles. The summed E-state index contributed by atoms with van der Waals surface area (Å²) in [6.45, 7) is 2.24. The van der Waals surface area contributed by atoms with Gasteiger partial charge < -0.3 is 5.73 Å². The number of aliphatic imine (C=N–C) groups is 1. The van der Waals surface area contributed by atoms with Crippen molar-refractivity contribution in [1.29, 1.82) is 0 Å². The number of hydrogen-bond acceptors (Lipinski definition) is 4. The second kappa shape index (κ2) is 6.08. The van der Waals surface area contributed by atoms with E-state index in [2.05, 4.69) is 30.1 Å². The highest BCUT2D eigenvalue weighted by molar-refractivity contribution is 8.13. The van der Waals surface area contributed by atoms with Gasteiger partial charge in [-0.3, -0.25) is 9.98 Å². The highest BCUT2D eigenvalue weighted by atomic mass is 35.5. The molecule has 124 valence electrons. The van der Waals surface area contributed by atoms with Gasteiger partial charge in [-0.2, -0.15) is 0 Å². The van der Waals surface area contributed by atoms with Crippen LogP contribution in [0, 0.1) is 5.92 Å². The third kappa shape index (κ3) is 2.72. The minimum absolute atomic E-state index is 0.233. The summed E-state index contributed by atoms with van der Waals surface area (Å²) >= 11 is 7.81. The van der Waals surface area contributed by atoms with E-state index in [0.29, 0.717) is 16.1 Å². The number of benzene rings is 1. The number of halogens is 1. The van der Waals surface area contributed by atoms with Gasteiger partial charge in [0.1, 0.15) is 0 Å². The number of nitrogens with zero attached hydrogens (tertiary/aromatic N) is 2. The number of aryl methyl sites for hydroxylation is 1. The van der Waals surface area contributed by atoms with E-state index in [-0.39, 0.29) is 5.54 Å². The summed E-state index contributed by atoms with van der Waals surface area (Å²) in [4.78, 5) is 9.12. The predicted molar refractivity (Wildman–Crippen MR) is 103 cm³/mol. The zero-order valence-electron chi connectivity index (χ0n) is 13.6. The molecule has 5 heteroatoms. The van der Waals surface area contributed by atoms with Gasteiger partial charge in [0.05, 0.1) is 10.6 Å². The molecule has 1 aliphatic carbocycles. The first-order valence-electron chi connectivity index (χ1n) is 8.29. The molecule has 0 spiro atoms. The van der Waals surface area contributed by atoms with E-state index in [0.717, 1.165) is 23.3 Å². The predicted octanol–water partition coefficient (Wildman–Crippen LogP) is 4.63. The number of fused-ring (bicyclic) bond motifs is 3. The van der Waals surface area contributed by atoms with Crippen LogP contribution in [-0.2, 0) is 12.0 Å². The lowest BCUT2D eigenvalue weighted by Crippen LogP contribution is -2.37. The van der Waals surface area contributed by atoms with Crippen LogP contribution in [-0.4, -0.2) is 15.9 Å². The SMILES string of the molecule is CC12N=C(N)SCC1CCCc1ccc(-c3cncc(Cl)c3)cc12. The molecule has 1 aliphatic heterocycles. The van der Waals surface area contributed by atoms with Crippen molar-refractivity contribution in [2.45, 2.75) is 31.7 Å². The maximum atomic E-state index is 6.12. The van der Waals surface area contributed by atoms with E-state index in [1.54, 1.807) is 18.0 Å². The van der Waals surface area contributed by atoms with Gasteiger partial charge in [0, 0.05) is 23.7 Å². The fraction of sp³-hybridized carbons (Fsp3) is 0.368. The molecule has 4 rings (SSSR count). The first kappa shape index (κ1) is 16.0. The van der Waals surface area contributed by atoms with Crippen molar-refractivity contribution in [3.8, 4) is 11.1 Å². The molecule has 0 fully saturated rings. The van der Waals surface area contributed by atoms with Crippen LogP contribution >= 0.6 is 23.4 Å². The fourth-order valence-electron chi connectivity index (χ4n) is 3.90. The van der Waals surface area contributed by atoms with Crippen molar-refractivity contribution in [1.82, 2.24) is 4.98 Å². The van der Waals surface area contributed by atoms with Gasteiger partial charge in [0.25, 0.3) is 0 Å². The lowest BCUT2D eigenvalue weighted by molar-refractivity contribution is 0.317. The third-order valence-corrected chi connectivity index (χ3v) is 6.42. The Bertz CT molecular complexity index is 820. The number of thioether (sulfide) groups is 1. The first-order valence-corrected chi connectivity index (χ1v) is 9.65. The maximum Gasteiger partial charge on any atom is 0.154 e. The van der Waals surface area contributed by atoms with Crippen molar-refractivity contribution in [3.63, 3.8) is 0 Å². The van der Waals surface area contributed by atoms with Crippen molar-refractivity contribution >= 4 is 28.5 Å². The van der Waals surface area contributed by atoms with E-state index in [4.69, 9.17) is 22.3 Å². The molecule has 2 atom stereocenters. The molecular formula is C19H20ClN3S. The average molecular weight is 358 g/mol. The van der Waals surface area contributed by atoms with E-state index in [1.165, 1.54) is 24.0 Å². The molecule has 2 heterocycles. The molecule has 1 aromatic carbocycles. The Kier molecular flexibility index (Phi) is 4.05. The molecule has 0 saturated carbocycles. The van der Waals surface area contributed by atoms with E-state index < -0.39 is 0 Å². The smallest absolute Gasteiger partial charge is 0.154 e. The number of aromatic nitrogens is 1. The molecule has 2 aromatic rings. The van der Waals surface area contributed by atoms with Gasteiger partial charge in [-0.15, -0.1) is 0 Å². The molecule has 0 bridgehead atoms. The largest absolute Gasteiger partial charge is 0.379 e. The van der Waals surface area contributed by atoms with Crippen LogP contribution in [0.2, 0.25) is 5.02 Å². The molecule has 2 unspecified atom stereocenters. The van der Waals surface area contributed by atoms with Gasteiger partial charge in [0.15, 0.2) is 5.17 Å². The average Bonchev–Trinajstić information content (AvgIpc) is 2.70. The molecule has 0 amide bonds. The molecule has 2 N–H and O–H groups in total. The van der Waals surface area contributed by atoms with Crippen LogP contribution in [0.1, 0.15) is 30.9 Å². The van der Waals surface area contributed by atoms with Gasteiger partial charge in [-0.05, 0) is 60.9 Å². The Morgan fingerprint density at radius 1 is 1.25 bits per heavy atom. The number of amidine groups is 1. The van der Waals surface area contributed by atoms with Crippen LogP contribution in [0.4, 0.5) is 0 Å². The highest BCUT2D eigenvalue weighted by Crippen LogP contribution is 2.46. The Morgan fingerprint density at radius 2 is 2.12 bits per heavy atom. The summed E-state index contributed by atoms with van der Waals surface area (Å²) in [6.07, 6.45) is 7.04. The van der Waals surface area contributed by atoms with Crippen LogP contribution in [0.3, 0.4) is 0 Å². The van der Waals surface area contributed by atoms with Gasteiger partial charge in [-0.1, -0.05) is 35.5 Å². The molecule has 3 nitrogen and oxygen atoms in total. The van der Waals surface area contributed by atoms with E-state index >= 15 is 0 Å². The summed E-state index contributed by atoms with van der Waals surface area (Å²) < 4.78 is 0. The second-order valence-electron chi connectivity index (χ2n) is 6.76. The fourth-order valence-corrected chi connectivity index (χ4v) is 5.19. The Hall–Kier alpha value is -1.52. The summed E-state index contributed by atoms with van der Waals surface area (Å²) in [5, 5.41) is 1.36. The van der Waals surface area contributed by atoms with E-state index in [1.807, 2.05) is 12.3 Å². The maximum absolute atomic E-state index is 6.12. The zero-order chi connectivity index (χ0) is 16.7. The number of rotatable bonds is 1. The quantitative estimate of drug-likeness (QED) is 0.809. The van der Waals surface area contributed by atoms with Crippen molar-refractivity contribution in [2.24, 2.45) is 16.6 Å².